The van der Waals surface area contributed by atoms with E-state index in [1.54, 1.807) is 0 Å². The van der Waals surface area contributed by atoms with E-state index >= 15 is 0 Å². The molecule has 22 heavy (non-hydrogen) atoms. The zero-order valence-electron chi connectivity index (χ0n) is 13.8. The Labute approximate surface area is 151 Å². The predicted octanol–water partition coefficient (Wildman–Crippen LogP) is 3.51. The fraction of sp³-hybridized carbons (Fsp3) is 0.588. The highest BCUT2D eigenvalue weighted by molar-refractivity contribution is 14.0. The van der Waals surface area contributed by atoms with Crippen molar-refractivity contribution in [3.8, 4) is 5.75 Å². The number of nitrogens with zero attached hydrogens (tertiary/aromatic N) is 2. The van der Waals surface area contributed by atoms with Crippen molar-refractivity contribution in [2.24, 2.45) is 10.9 Å². The Kier molecular flexibility index (Phi) is 8.60. The number of aliphatic imine (C=N–C) groups is 1. The number of hydrogen-bond acceptors (Lipinski definition) is 2. The molecule has 0 radical (unpaired) electrons. The van der Waals surface area contributed by atoms with Gasteiger partial charge in [0.2, 0.25) is 0 Å². The lowest BCUT2D eigenvalue weighted by Crippen LogP contribution is -2.45. The number of benzene rings is 1. The van der Waals surface area contributed by atoms with E-state index in [9.17, 15) is 0 Å². The molecule has 4 nitrogen and oxygen atoms in total. The normalized spacial score (nSPS) is 16.1. The first-order valence-electron chi connectivity index (χ1n) is 7.91. The highest BCUT2D eigenvalue weighted by atomic mass is 127. The van der Waals surface area contributed by atoms with Gasteiger partial charge < -0.3 is 15.0 Å². The molecule has 1 N–H and O–H groups in total. The van der Waals surface area contributed by atoms with Gasteiger partial charge in [0.05, 0.1) is 6.61 Å². The topological polar surface area (TPSA) is 36.9 Å². The number of hydrogen-bond donors (Lipinski definition) is 1. The summed E-state index contributed by atoms with van der Waals surface area (Å²) in [6.45, 7) is 7.95. The number of piperidine rings is 1. The third kappa shape index (κ3) is 5.34. The molecule has 0 atom stereocenters. The molecule has 0 bridgehead atoms. The van der Waals surface area contributed by atoms with Gasteiger partial charge in [0, 0.05) is 32.2 Å². The van der Waals surface area contributed by atoms with Crippen LogP contribution in [0.3, 0.4) is 0 Å². The first-order chi connectivity index (χ1) is 10.2. The molecule has 0 spiro atoms. The standard InChI is InChI=1S/C17H27N3O.HI/c1-4-21-16-8-6-5-7-15(16)13-19-17(18-3)20-11-9-14(2)10-12-20;/h5-8,14H,4,9-13H2,1-3H3,(H,18,19);1H. The first kappa shape index (κ1) is 19.1. The summed E-state index contributed by atoms with van der Waals surface area (Å²) < 4.78 is 5.67. The van der Waals surface area contributed by atoms with E-state index in [2.05, 4.69) is 28.2 Å². The predicted molar refractivity (Wildman–Crippen MR) is 103 cm³/mol. The van der Waals surface area contributed by atoms with Gasteiger partial charge in [-0.3, -0.25) is 4.99 Å². The fourth-order valence-electron chi connectivity index (χ4n) is 2.67. The smallest absolute Gasteiger partial charge is 0.193 e. The maximum absolute atomic E-state index is 5.67. The van der Waals surface area contributed by atoms with Gasteiger partial charge in [-0.15, -0.1) is 24.0 Å². The second-order valence-electron chi connectivity index (χ2n) is 5.61. The van der Waals surface area contributed by atoms with Crippen LogP contribution in [0.1, 0.15) is 32.3 Å². The molecule has 0 unspecified atom stereocenters. The second-order valence-corrected chi connectivity index (χ2v) is 5.61. The lowest BCUT2D eigenvalue weighted by molar-refractivity contribution is 0.273. The van der Waals surface area contributed by atoms with Crippen LogP contribution < -0.4 is 10.1 Å². The zero-order chi connectivity index (χ0) is 15.1. The maximum Gasteiger partial charge on any atom is 0.193 e. The van der Waals surface area contributed by atoms with Gasteiger partial charge in [0.1, 0.15) is 5.75 Å². The minimum absolute atomic E-state index is 0. The van der Waals surface area contributed by atoms with E-state index in [1.165, 1.54) is 18.4 Å². The van der Waals surface area contributed by atoms with Gasteiger partial charge in [-0.1, -0.05) is 25.1 Å². The lowest BCUT2D eigenvalue weighted by Gasteiger charge is -2.33. The highest BCUT2D eigenvalue weighted by Crippen LogP contribution is 2.19. The zero-order valence-corrected chi connectivity index (χ0v) is 16.2. The molecule has 1 aromatic rings. The van der Waals surface area contributed by atoms with Crippen LogP contribution in [0, 0.1) is 5.92 Å². The number of likely N-dealkylation sites (tertiary alicyclic amines) is 1. The summed E-state index contributed by atoms with van der Waals surface area (Å²) in [5, 5.41) is 3.46. The summed E-state index contributed by atoms with van der Waals surface area (Å²) in [6.07, 6.45) is 2.49. The molecule has 124 valence electrons. The Hall–Kier alpha value is -0.980. The van der Waals surface area contributed by atoms with Crippen molar-refractivity contribution >= 4 is 29.9 Å². The molecule has 1 aliphatic rings. The summed E-state index contributed by atoms with van der Waals surface area (Å²) >= 11 is 0. The van der Waals surface area contributed by atoms with E-state index in [0.29, 0.717) is 6.61 Å². The SMILES string of the molecule is CCOc1ccccc1CNC(=NC)N1CCC(C)CC1.I. The van der Waals surface area contributed by atoms with E-state index in [4.69, 9.17) is 4.74 Å². The Bertz CT molecular complexity index is 471. The number of nitrogens with one attached hydrogen (secondary N) is 1. The molecule has 0 saturated carbocycles. The van der Waals surface area contributed by atoms with Crippen LogP contribution >= 0.6 is 24.0 Å². The molecule has 1 saturated heterocycles. The van der Waals surface area contributed by atoms with E-state index in [0.717, 1.165) is 37.3 Å². The second kappa shape index (κ2) is 9.92. The van der Waals surface area contributed by atoms with Crippen LogP contribution in [0.2, 0.25) is 0 Å². The quantitative estimate of drug-likeness (QED) is 0.463. The van der Waals surface area contributed by atoms with Crippen LogP contribution in [0.25, 0.3) is 0 Å². The molecule has 1 heterocycles. The van der Waals surface area contributed by atoms with Crippen LogP contribution in [-0.4, -0.2) is 37.6 Å². The number of halogens is 1. The Morgan fingerprint density at radius 1 is 1.32 bits per heavy atom. The van der Waals surface area contributed by atoms with Gasteiger partial charge in [0.25, 0.3) is 0 Å². The molecule has 1 aliphatic heterocycles. The molecule has 0 aliphatic carbocycles. The van der Waals surface area contributed by atoms with Crippen molar-refractivity contribution in [1.82, 2.24) is 10.2 Å². The highest BCUT2D eigenvalue weighted by Gasteiger charge is 2.18. The third-order valence-electron chi connectivity index (χ3n) is 4.00. The van der Waals surface area contributed by atoms with Gasteiger partial charge >= 0.3 is 0 Å². The number of para-hydroxylation sites is 1. The largest absolute Gasteiger partial charge is 0.494 e. The van der Waals surface area contributed by atoms with E-state index in [1.807, 2.05) is 32.2 Å². The molecule has 1 fully saturated rings. The van der Waals surface area contributed by atoms with Crippen LogP contribution in [-0.2, 0) is 6.54 Å². The van der Waals surface area contributed by atoms with Gasteiger partial charge in [-0.05, 0) is 31.7 Å². The number of ether oxygens (including phenoxy) is 1. The maximum atomic E-state index is 5.67. The fourth-order valence-corrected chi connectivity index (χ4v) is 2.67. The molecule has 2 rings (SSSR count). The molecular weight excluding hydrogens is 389 g/mol. The molecule has 1 aromatic carbocycles. The minimum Gasteiger partial charge on any atom is -0.494 e. The van der Waals surface area contributed by atoms with Crippen molar-refractivity contribution in [2.75, 3.05) is 26.7 Å². The summed E-state index contributed by atoms with van der Waals surface area (Å²) in [6, 6.07) is 8.18. The summed E-state index contributed by atoms with van der Waals surface area (Å²) in [7, 11) is 1.86. The van der Waals surface area contributed by atoms with Crippen molar-refractivity contribution < 1.29 is 4.74 Å². The summed E-state index contributed by atoms with van der Waals surface area (Å²) in [4.78, 5) is 6.77. The van der Waals surface area contributed by atoms with Gasteiger partial charge in [-0.25, -0.2) is 0 Å². The van der Waals surface area contributed by atoms with Crippen LogP contribution in [0.15, 0.2) is 29.3 Å². The van der Waals surface area contributed by atoms with Crippen molar-refractivity contribution in [2.45, 2.75) is 33.2 Å². The molecule has 0 amide bonds. The first-order valence-corrected chi connectivity index (χ1v) is 7.91. The molecule has 5 heteroatoms. The van der Waals surface area contributed by atoms with Crippen LogP contribution in [0.4, 0.5) is 0 Å². The average molecular weight is 417 g/mol. The minimum atomic E-state index is 0. The Morgan fingerprint density at radius 3 is 2.64 bits per heavy atom. The Balaban J connectivity index is 0.00000242. The average Bonchev–Trinajstić information content (AvgIpc) is 2.51. The van der Waals surface area contributed by atoms with Gasteiger partial charge in [-0.2, -0.15) is 0 Å². The third-order valence-corrected chi connectivity index (χ3v) is 4.00. The van der Waals surface area contributed by atoms with Gasteiger partial charge in [0.15, 0.2) is 5.96 Å². The van der Waals surface area contributed by atoms with Crippen molar-refractivity contribution in [1.29, 1.82) is 0 Å². The van der Waals surface area contributed by atoms with Crippen molar-refractivity contribution in [3.05, 3.63) is 29.8 Å². The van der Waals surface area contributed by atoms with Crippen molar-refractivity contribution in [3.63, 3.8) is 0 Å². The Morgan fingerprint density at radius 2 is 2.00 bits per heavy atom. The summed E-state index contributed by atoms with van der Waals surface area (Å²) in [5.74, 6) is 2.78. The monoisotopic (exact) mass is 417 g/mol. The lowest BCUT2D eigenvalue weighted by atomic mass is 9.99. The van der Waals surface area contributed by atoms with Crippen LogP contribution in [0.5, 0.6) is 5.75 Å². The molecule has 0 aromatic heterocycles. The number of rotatable bonds is 4. The summed E-state index contributed by atoms with van der Waals surface area (Å²) in [5.41, 5.74) is 1.17. The molecular formula is C17H28IN3O. The van der Waals surface area contributed by atoms with E-state index < -0.39 is 0 Å². The van der Waals surface area contributed by atoms with E-state index in [-0.39, 0.29) is 24.0 Å². The number of guanidine groups is 1.